The molecule has 0 amide bonds. The molecule has 0 fully saturated rings. The van der Waals surface area contributed by atoms with Gasteiger partial charge in [-0.3, -0.25) is 0 Å². The van der Waals surface area contributed by atoms with Crippen molar-refractivity contribution in [3.63, 3.8) is 0 Å². The Kier molecular flexibility index (Phi) is 1.74. The van der Waals surface area contributed by atoms with E-state index in [0.29, 0.717) is 5.69 Å². The van der Waals surface area contributed by atoms with Gasteiger partial charge in [-0.1, -0.05) is 12.1 Å². The van der Waals surface area contributed by atoms with Crippen LogP contribution >= 0.6 is 11.8 Å². The third-order valence-electron chi connectivity index (χ3n) is 1.71. The SMILES string of the molecule is Fc1cccc2c1NCSC2. The molecule has 1 N–H and O–H groups in total. The minimum Gasteiger partial charge on any atom is -0.373 e. The van der Waals surface area contributed by atoms with Crippen LogP contribution in [0.1, 0.15) is 5.56 Å². The van der Waals surface area contributed by atoms with E-state index in [1.807, 2.05) is 6.07 Å². The number of rotatable bonds is 0. The first-order valence-electron chi connectivity index (χ1n) is 3.47. The van der Waals surface area contributed by atoms with Crippen molar-refractivity contribution < 1.29 is 4.39 Å². The summed E-state index contributed by atoms with van der Waals surface area (Å²) in [5, 5.41) is 3.02. The number of hydrogen-bond acceptors (Lipinski definition) is 2. The highest BCUT2D eigenvalue weighted by molar-refractivity contribution is 7.98. The average Bonchev–Trinajstić information content (AvgIpc) is 2.06. The van der Waals surface area contributed by atoms with Crippen molar-refractivity contribution >= 4 is 17.4 Å². The molecule has 1 heterocycles. The van der Waals surface area contributed by atoms with Crippen LogP contribution in [0.15, 0.2) is 18.2 Å². The summed E-state index contributed by atoms with van der Waals surface area (Å²) >= 11 is 1.77. The number of thioether (sulfide) groups is 1. The molecule has 0 aliphatic carbocycles. The molecule has 0 aromatic heterocycles. The molecule has 1 aliphatic heterocycles. The molecule has 0 saturated heterocycles. The molecule has 0 atom stereocenters. The molecule has 58 valence electrons. The van der Waals surface area contributed by atoms with E-state index >= 15 is 0 Å². The summed E-state index contributed by atoms with van der Waals surface area (Å²) in [5.41, 5.74) is 1.76. The van der Waals surface area contributed by atoms with Gasteiger partial charge in [0.25, 0.3) is 0 Å². The predicted molar refractivity (Wildman–Crippen MR) is 46.2 cm³/mol. The Bertz CT molecular complexity index is 275. The standard InChI is InChI=1S/C8H8FNS/c9-7-3-1-2-6-4-11-5-10-8(6)7/h1-3,10H,4-5H2. The summed E-state index contributed by atoms with van der Waals surface area (Å²) in [5.74, 6) is 1.59. The maximum Gasteiger partial charge on any atom is 0.146 e. The smallest absolute Gasteiger partial charge is 0.146 e. The van der Waals surface area contributed by atoms with Crippen LogP contribution in [-0.4, -0.2) is 5.88 Å². The Hall–Kier alpha value is -0.700. The Morgan fingerprint density at radius 1 is 1.45 bits per heavy atom. The molecular formula is C8H8FNS. The molecule has 0 spiro atoms. The molecule has 0 unspecified atom stereocenters. The quantitative estimate of drug-likeness (QED) is 0.640. The second kappa shape index (κ2) is 2.74. The molecule has 2 rings (SSSR count). The van der Waals surface area contributed by atoms with Gasteiger partial charge >= 0.3 is 0 Å². The van der Waals surface area contributed by atoms with Gasteiger partial charge in [0.2, 0.25) is 0 Å². The maximum absolute atomic E-state index is 13.0. The van der Waals surface area contributed by atoms with E-state index in [9.17, 15) is 4.39 Å². The van der Waals surface area contributed by atoms with Crippen molar-refractivity contribution in [2.45, 2.75) is 5.75 Å². The maximum atomic E-state index is 13.0. The molecule has 1 nitrogen and oxygen atoms in total. The third kappa shape index (κ3) is 1.20. The Morgan fingerprint density at radius 3 is 3.18 bits per heavy atom. The van der Waals surface area contributed by atoms with Crippen molar-refractivity contribution in [1.82, 2.24) is 0 Å². The third-order valence-corrected chi connectivity index (χ3v) is 2.57. The van der Waals surface area contributed by atoms with Crippen LogP contribution in [0.4, 0.5) is 10.1 Å². The fourth-order valence-corrected chi connectivity index (χ4v) is 1.98. The summed E-state index contributed by atoms with van der Waals surface area (Å²) in [6.07, 6.45) is 0. The van der Waals surface area contributed by atoms with Crippen molar-refractivity contribution in [2.75, 3.05) is 11.2 Å². The highest BCUT2D eigenvalue weighted by Gasteiger charge is 2.11. The van der Waals surface area contributed by atoms with E-state index in [2.05, 4.69) is 5.32 Å². The first-order chi connectivity index (χ1) is 5.38. The van der Waals surface area contributed by atoms with Crippen LogP contribution < -0.4 is 5.32 Å². The second-order valence-electron chi connectivity index (χ2n) is 2.44. The summed E-state index contributed by atoms with van der Waals surface area (Å²) < 4.78 is 13.0. The van der Waals surface area contributed by atoms with Crippen LogP contribution in [0.2, 0.25) is 0 Å². The van der Waals surface area contributed by atoms with Crippen LogP contribution in [-0.2, 0) is 5.75 Å². The van der Waals surface area contributed by atoms with Crippen LogP contribution in [0.5, 0.6) is 0 Å². The zero-order chi connectivity index (χ0) is 7.68. The van der Waals surface area contributed by atoms with E-state index in [0.717, 1.165) is 17.2 Å². The lowest BCUT2D eigenvalue weighted by atomic mass is 10.2. The second-order valence-corrected chi connectivity index (χ2v) is 3.43. The lowest BCUT2D eigenvalue weighted by Gasteiger charge is -2.17. The fourth-order valence-electron chi connectivity index (χ4n) is 1.17. The van der Waals surface area contributed by atoms with Gasteiger partial charge in [-0.25, -0.2) is 4.39 Å². The predicted octanol–water partition coefficient (Wildman–Crippen LogP) is 2.44. The molecule has 0 radical (unpaired) electrons. The van der Waals surface area contributed by atoms with Gasteiger partial charge in [0.1, 0.15) is 5.82 Å². The van der Waals surface area contributed by atoms with E-state index in [1.165, 1.54) is 6.07 Å². The lowest BCUT2D eigenvalue weighted by molar-refractivity contribution is 0.629. The summed E-state index contributed by atoms with van der Waals surface area (Å²) in [6, 6.07) is 5.20. The highest BCUT2D eigenvalue weighted by Crippen LogP contribution is 2.28. The van der Waals surface area contributed by atoms with Crippen molar-refractivity contribution in [3.8, 4) is 0 Å². The average molecular weight is 169 g/mol. The molecule has 3 heteroatoms. The number of anilines is 1. The first-order valence-corrected chi connectivity index (χ1v) is 4.62. The van der Waals surface area contributed by atoms with Crippen molar-refractivity contribution in [1.29, 1.82) is 0 Å². The number of fused-ring (bicyclic) bond motifs is 1. The zero-order valence-corrected chi connectivity index (χ0v) is 6.75. The van der Waals surface area contributed by atoms with Gasteiger partial charge in [0.15, 0.2) is 0 Å². The van der Waals surface area contributed by atoms with Gasteiger partial charge < -0.3 is 5.32 Å². The summed E-state index contributed by atoms with van der Waals surface area (Å²) in [6.45, 7) is 0. The van der Waals surface area contributed by atoms with E-state index in [4.69, 9.17) is 0 Å². The monoisotopic (exact) mass is 169 g/mol. The van der Waals surface area contributed by atoms with E-state index in [1.54, 1.807) is 17.8 Å². The molecule has 1 aromatic carbocycles. The molecule has 1 aliphatic rings. The van der Waals surface area contributed by atoms with Gasteiger partial charge in [-0.05, 0) is 11.6 Å². The Morgan fingerprint density at radius 2 is 2.36 bits per heavy atom. The highest BCUT2D eigenvalue weighted by atomic mass is 32.2. The van der Waals surface area contributed by atoms with Crippen molar-refractivity contribution in [2.24, 2.45) is 0 Å². The number of halogens is 1. The molecule has 0 saturated carbocycles. The Balaban J connectivity index is 2.49. The first kappa shape index (κ1) is 6.98. The molecule has 0 bridgehead atoms. The lowest BCUT2D eigenvalue weighted by Crippen LogP contribution is -2.08. The van der Waals surface area contributed by atoms with Crippen LogP contribution in [0, 0.1) is 5.82 Å². The number of hydrogen-bond donors (Lipinski definition) is 1. The summed E-state index contributed by atoms with van der Waals surface area (Å²) in [7, 11) is 0. The molecular weight excluding hydrogens is 161 g/mol. The molecule has 1 aromatic rings. The summed E-state index contributed by atoms with van der Waals surface area (Å²) in [4.78, 5) is 0. The number of para-hydroxylation sites is 1. The number of benzene rings is 1. The van der Waals surface area contributed by atoms with Crippen LogP contribution in [0.3, 0.4) is 0 Å². The molecule has 11 heavy (non-hydrogen) atoms. The zero-order valence-electron chi connectivity index (χ0n) is 5.93. The minimum absolute atomic E-state index is 0.136. The van der Waals surface area contributed by atoms with E-state index in [-0.39, 0.29) is 5.82 Å². The normalized spacial score (nSPS) is 15.4. The van der Waals surface area contributed by atoms with Gasteiger partial charge in [-0.15, -0.1) is 11.8 Å². The number of nitrogens with one attached hydrogen (secondary N) is 1. The van der Waals surface area contributed by atoms with Crippen molar-refractivity contribution in [3.05, 3.63) is 29.6 Å². The van der Waals surface area contributed by atoms with Crippen LogP contribution in [0.25, 0.3) is 0 Å². The topological polar surface area (TPSA) is 12.0 Å². The van der Waals surface area contributed by atoms with Gasteiger partial charge in [-0.2, -0.15) is 0 Å². The van der Waals surface area contributed by atoms with Gasteiger partial charge in [0, 0.05) is 5.75 Å². The largest absolute Gasteiger partial charge is 0.373 e. The fraction of sp³-hybridized carbons (Fsp3) is 0.250. The Labute approximate surface area is 69.0 Å². The van der Waals surface area contributed by atoms with Gasteiger partial charge in [0.05, 0.1) is 11.6 Å². The minimum atomic E-state index is -0.136. The van der Waals surface area contributed by atoms with E-state index < -0.39 is 0 Å².